The smallest absolute Gasteiger partial charge is 0.423 e. The summed E-state index contributed by atoms with van der Waals surface area (Å²) in [6.07, 6.45) is 9.22. The van der Waals surface area contributed by atoms with Crippen LogP contribution in [-0.2, 0) is 29.0 Å². The SMILES string of the molecule is CCN(C)C(C(N(C)CC)n1nnc2ccccc21)n1nnc2ccccc21.CCN(C)C(C(N(C)CC)n1nnc2ccccc21)n1nnc2ccccc21.CCN(C)c1cnc2cc(CN)c(-c3ccc(Cl)cc3Cl)cn12.CCNC.CCO.CCc1cc(N)ncc1-c1ccc(Cl)cc1Cl.CCc1cc(N)ncc1Br.O=CC=O.OB(O)c1ccc(Cl)cc1Cl.c1ccc2n[nH]nc2c1. The molecule has 0 aliphatic rings. The molecule has 41 heteroatoms. The Bertz CT molecular complexity index is 6220. The fourth-order valence-corrected chi connectivity index (χ4v) is 15.9. The highest BCUT2D eigenvalue weighted by molar-refractivity contribution is 9.10. The van der Waals surface area contributed by atoms with E-state index in [0.29, 0.717) is 43.3 Å². The number of carbonyl (C=O) groups excluding carboxylic acids is 2. The average molecular weight is 2050 g/mol. The van der Waals surface area contributed by atoms with Crippen LogP contribution >= 0.6 is 85.5 Å². The van der Waals surface area contributed by atoms with Crippen molar-refractivity contribution in [2.75, 3.05) is 105 Å². The van der Waals surface area contributed by atoms with Crippen LogP contribution in [0.5, 0.6) is 0 Å². The van der Waals surface area contributed by atoms with Crippen molar-refractivity contribution in [3.63, 3.8) is 0 Å². The lowest BCUT2D eigenvalue weighted by atomic mass is 9.80. The number of aryl methyl sites for hydroxylation is 2. The number of hydrogen-bond donors (Lipinski definition) is 8. The van der Waals surface area contributed by atoms with E-state index in [9.17, 15) is 0 Å². The Morgan fingerprint density at radius 1 is 0.445 bits per heavy atom. The van der Waals surface area contributed by atoms with Crippen molar-refractivity contribution in [3.05, 3.63) is 270 Å². The Kier molecular flexibility index (Phi) is 45.5. The summed E-state index contributed by atoms with van der Waals surface area (Å²) in [6.45, 7) is 24.7. The Hall–Kier alpha value is -11.6. The molecule has 9 aromatic heterocycles. The zero-order valence-electron chi connectivity index (χ0n) is 79.2. The number of carbonyl (C=O) groups is 2. The molecule has 4 atom stereocenters. The van der Waals surface area contributed by atoms with Gasteiger partial charge in [-0.1, -0.05) is 218 Å². The Balaban J connectivity index is 0.000000199. The summed E-state index contributed by atoms with van der Waals surface area (Å²) >= 11 is 39.0. The highest BCUT2D eigenvalue weighted by Gasteiger charge is 2.37. The first kappa shape index (κ1) is 111. The van der Waals surface area contributed by atoms with Crippen LogP contribution in [0.25, 0.3) is 83.1 Å². The molecule has 33 nitrogen and oxygen atoms in total. The van der Waals surface area contributed by atoms with Crippen LogP contribution in [0.4, 0.5) is 17.5 Å². The van der Waals surface area contributed by atoms with Gasteiger partial charge in [0.15, 0.2) is 12.6 Å². The van der Waals surface area contributed by atoms with Crippen LogP contribution < -0.4 is 32.9 Å². The summed E-state index contributed by atoms with van der Waals surface area (Å²) in [6, 6.07) is 61.1. The number of benzene rings is 8. The number of aldehydes is 2. The minimum absolute atomic E-state index is 0.104. The van der Waals surface area contributed by atoms with Crippen molar-refractivity contribution >= 4 is 189 Å². The highest BCUT2D eigenvalue weighted by Crippen LogP contribution is 2.38. The van der Waals surface area contributed by atoms with Gasteiger partial charge in [-0.15, -0.1) is 20.4 Å². The third kappa shape index (κ3) is 30.0. The van der Waals surface area contributed by atoms with Crippen molar-refractivity contribution in [3.8, 4) is 22.3 Å². The molecule has 0 aliphatic heterocycles. The predicted octanol–water partition coefficient (Wildman–Crippen LogP) is 17.2. The van der Waals surface area contributed by atoms with Gasteiger partial charge in [-0.05, 0) is 243 Å². The normalized spacial score (nSPS) is 11.7. The van der Waals surface area contributed by atoms with E-state index in [1.165, 1.54) is 17.7 Å². The second kappa shape index (κ2) is 56.3. The van der Waals surface area contributed by atoms with Crippen LogP contribution in [-0.4, -0.2) is 237 Å². The molecule has 0 saturated carbocycles. The molecule has 8 aromatic carbocycles. The van der Waals surface area contributed by atoms with E-state index >= 15 is 0 Å². The first-order valence-corrected chi connectivity index (χ1v) is 47.3. The molecule has 11 N–H and O–H groups in total. The number of aromatic nitrogens is 19. The third-order valence-electron chi connectivity index (χ3n) is 21.7. The number of halogens is 7. The van der Waals surface area contributed by atoms with Crippen LogP contribution in [0.2, 0.25) is 30.1 Å². The first-order valence-electron chi connectivity index (χ1n) is 44.2. The number of aliphatic hydroxyl groups is 1. The number of nitrogens with zero attached hydrogens (tertiary/aromatic N) is 23. The number of fused-ring (bicyclic) bond motifs is 6. The van der Waals surface area contributed by atoms with Crippen molar-refractivity contribution in [1.29, 1.82) is 0 Å². The van der Waals surface area contributed by atoms with Gasteiger partial charge in [0, 0.05) is 108 Å². The molecule has 9 heterocycles. The second-order valence-corrected chi connectivity index (χ2v) is 33.8. The zero-order valence-corrected chi connectivity index (χ0v) is 85.3. The largest absolute Gasteiger partial charge is 0.489 e. The minimum Gasteiger partial charge on any atom is -0.423 e. The minimum atomic E-state index is -1.54. The van der Waals surface area contributed by atoms with E-state index in [2.05, 4.69) is 230 Å². The molecule has 17 rings (SSSR count). The monoisotopic (exact) mass is 2040 g/mol. The molecular weight excluding hydrogens is 1930 g/mol. The first-order chi connectivity index (χ1) is 66.0. The van der Waals surface area contributed by atoms with Crippen molar-refractivity contribution in [1.82, 2.24) is 120 Å². The number of pyridine rings is 3. The molecule has 0 amide bonds. The van der Waals surface area contributed by atoms with Gasteiger partial charge in [0.1, 0.15) is 80.9 Å². The summed E-state index contributed by atoms with van der Waals surface area (Å²) < 4.78 is 11.1. The standard InChI is InChI=1S/2C20H26N8.C17H18Cl2N4.C13H12Cl2N2.C7H9BrN2.C6H5BCl2O2.C6H5N3.C3H9N.C2H2O2.C2H6O/c2*1-5-25(3)19(27-17-13-9-7-11-15(17)21-23-27)20(26(4)6-2)28-18-14-10-8-12-16(18)22-24-28;1-3-22(2)17-9-21-16-6-11(8-20)14(10-23(16)17)13-5-4-12(18)7-15(13)19;1-2-8-5-13(16)17-7-11(8)10-4-3-9(14)6-12(10)15;1-2-5-3-7(9)10-4-6(5)8;8-4-1-2-5(7(10)11)6(9)3-4;1-2-4-6-5(3-1)7-9-8-6;1-3-4-2;3-1-2-4;1-2-3/h2*7-14,19-20H,5-6H2,1-4H3;4-7,9-10H,3,8,20H2,1-2H3;3-7H,2H2,1H3,(H2,16,17);3-4H,2H2,1H3,(H2,9,10);1-3,10-11H;1-4H,(H,7,8,9);4H,3H2,1-2H3;1-2H;3H,2H2,1H3. The van der Waals surface area contributed by atoms with Crippen LogP contribution in [0.3, 0.4) is 0 Å². The zero-order chi connectivity index (χ0) is 100.0. The van der Waals surface area contributed by atoms with E-state index in [-0.39, 0.29) is 54.3 Å². The van der Waals surface area contributed by atoms with E-state index in [1.807, 2.05) is 185 Å². The van der Waals surface area contributed by atoms with Crippen molar-refractivity contribution in [2.24, 2.45) is 5.73 Å². The Morgan fingerprint density at radius 3 is 1.12 bits per heavy atom. The van der Waals surface area contributed by atoms with Crippen LogP contribution in [0.1, 0.15) is 104 Å². The fraction of sp³-hybridized carbons (Fsp3) is 0.302. The highest BCUT2D eigenvalue weighted by atomic mass is 79.9. The number of imidazole rings is 1. The summed E-state index contributed by atoms with van der Waals surface area (Å²) in [4.78, 5) is 41.3. The molecule has 0 aliphatic carbocycles. The second-order valence-electron chi connectivity index (χ2n) is 30.4. The van der Waals surface area contributed by atoms with Gasteiger partial charge in [0.2, 0.25) is 0 Å². The lowest BCUT2D eigenvalue weighted by Crippen LogP contribution is -2.44. The Labute approximate surface area is 836 Å². The number of rotatable bonds is 24. The molecule has 4 unspecified atom stereocenters. The van der Waals surface area contributed by atoms with Crippen LogP contribution in [0.15, 0.2) is 223 Å². The molecule has 0 radical (unpaired) electrons. The number of H-pyrrole nitrogens is 1. The maximum atomic E-state index is 8.81. The van der Waals surface area contributed by atoms with Gasteiger partial charge >= 0.3 is 7.12 Å². The van der Waals surface area contributed by atoms with Gasteiger partial charge in [-0.3, -0.25) is 33.6 Å². The lowest BCUT2D eigenvalue weighted by Gasteiger charge is -2.38. The maximum absolute atomic E-state index is 8.81. The van der Waals surface area contributed by atoms with Gasteiger partial charge < -0.3 is 42.6 Å². The van der Waals surface area contributed by atoms with Gasteiger partial charge in [0.25, 0.3) is 0 Å². The number of anilines is 3. The Morgan fingerprint density at radius 2 is 0.796 bits per heavy atom. The number of nitrogen functional groups attached to an aromatic ring is 2. The fourth-order valence-electron chi connectivity index (χ4n) is 13.9. The molecule has 724 valence electrons. The number of nitrogens with one attached hydrogen (secondary N) is 2. The molecule has 17 aromatic rings. The van der Waals surface area contributed by atoms with Gasteiger partial charge in [0.05, 0.1) is 28.3 Å². The molecule has 137 heavy (non-hydrogen) atoms. The number of aromatic amines is 1. The maximum Gasteiger partial charge on any atom is 0.489 e. The number of para-hydroxylation sites is 6. The van der Waals surface area contributed by atoms with Crippen molar-refractivity contribution < 1.29 is 24.7 Å². The molecule has 0 saturated heterocycles. The van der Waals surface area contributed by atoms with E-state index < -0.39 is 7.12 Å². The van der Waals surface area contributed by atoms with Gasteiger partial charge in [-0.25, -0.2) is 33.7 Å². The number of aliphatic hydroxyl groups excluding tert-OH is 1. The third-order valence-corrected chi connectivity index (χ3v) is 24.1. The molecular formula is C96H118BBrCl6N28O5. The summed E-state index contributed by atoms with van der Waals surface area (Å²) in [7, 11) is 10.9. The number of nitrogens with two attached hydrogens (primary N) is 3. The number of likely N-dealkylation sites (N-methyl/N-ethyl adjacent to an activating group) is 4. The van der Waals surface area contributed by atoms with E-state index in [1.54, 1.807) is 37.5 Å². The predicted molar refractivity (Wildman–Crippen MR) is 561 cm³/mol. The quantitative estimate of drug-likeness (QED) is 0.0158. The summed E-state index contributed by atoms with van der Waals surface area (Å²) in [5.41, 5.74) is 34.8. The van der Waals surface area contributed by atoms with E-state index in [0.717, 1.165) is 157 Å². The molecule has 0 fully saturated rings. The molecule has 0 spiro atoms. The number of hydrogen-bond acceptors (Lipinski definition) is 27. The summed E-state index contributed by atoms with van der Waals surface area (Å²) in [5, 5.41) is 77.1. The van der Waals surface area contributed by atoms with Gasteiger partial charge in [-0.2, -0.15) is 15.4 Å². The topological polar surface area (TPSA) is 409 Å². The molecule has 0 bridgehead atoms. The average Bonchev–Trinajstić information content (AvgIpc) is 1.68. The van der Waals surface area contributed by atoms with E-state index in [4.69, 9.17) is 112 Å². The lowest BCUT2D eigenvalue weighted by molar-refractivity contribution is -0.122. The summed E-state index contributed by atoms with van der Waals surface area (Å²) in [5.74, 6) is 2.13. The van der Waals surface area contributed by atoms with Crippen molar-refractivity contribution in [2.45, 2.75) is 106 Å². The van der Waals surface area contributed by atoms with Crippen LogP contribution in [0, 0.1) is 0 Å².